The van der Waals surface area contributed by atoms with Gasteiger partial charge >= 0.3 is 15.5 Å². The third-order valence-corrected chi connectivity index (χ3v) is 2.93. The maximum absolute atomic E-state index is 13.2. The summed E-state index contributed by atoms with van der Waals surface area (Å²) >= 11 is 0. The van der Waals surface area contributed by atoms with Crippen molar-refractivity contribution in [1.82, 2.24) is 9.97 Å². The molecule has 1 heterocycles. The number of H-pyrrole nitrogens is 1. The summed E-state index contributed by atoms with van der Waals surface area (Å²) in [7, 11) is -6.27. The van der Waals surface area contributed by atoms with Crippen molar-refractivity contribution in [3.05, 3.63) is 29.6 Å². The molecule has 0 saturated carbocycles. The number of hydrogen-bond acceptors (Lipinski definition) is 3. The zero-order valence-corrected chi connectivity index (χ0v) is 9.03. The maximum atomic E-state index is 13.2. The lowest BCUT2D eigenvalue weighted by Crippen LogP contribution is -2.23. The van der Waals surface area contributed by atoms with Gasteiger partial charge < -0.3 is 4.98 Å². The van der Waals surface area contributed by atoms with Gasteiger partial charge in [-0.3, -0.25) is 0 Å². The Balaban J connectivity index is 2.73. The third-order valence-electron chi connectivity index (χ3n) is 2.13. The second-order valence-corrected chi connectivity index (χ2v) is 4.69. The molecule has 1 aromatic carbocycles. The van der Waals surface area contributed by atoms with Crippen LogP contribution in [0.5, 0.6) is 0 Å². The third kappa shape index (κ3) is 1.72. The minimum Gasteiger partial charge on any atom is -0.336 e. The molecule has 0 radical (unpaired) electrons. The highest BCUT2D eigenvalue weighted by molar-refractivity contribution is 7.87. The Bertz CT molecular complexity index is 724. The number of aromatic nitrogens is 2. The van der Waals surface area contributed by atoms with Gasteiger partial charge in [0.25, 0.3) is 0 Å². The van der Waals surface area contributed by atoms with E-state index in [0.717, 1.165) is 6.07 Å². The Kier molecular flexibility index (Phi) is 2.58. The molecule has 0 unspecified atom stereocenters. The van der Waals surface area contributed by atoms with E-state index >= 15 is 0 Å². The van der Waals surface area contributed by atoms with Crippen molar-refractivity contribution in [2.45, 2.75) is 5.25 Å². The minimum atomic E-state index is -6.27. The number of imidazole rings is 1. The number of fused-ring (bicyclic) bond motifs is 1. The summed E-state index contributed by atoms with van der Waals surface area (Å²) in [5.41, 5.74) is -1.22. The molecule has 0 amide bonds. The molecule has 18 heavy (non-hydrogen) atoms. The van der Waals surface area contributed by atoms with E-state index in [9.17, 15) is 29.9 Å². The van der Waals surface area contributed by atoms with Crippen molar-refractivity contribution in [1.29, 1.82) is 0 Å². The van der Waals surface area contributed by atoms with Crippen LogP contribution in [0, 0.1) is 11.6 Å². The second-order valence-electron chi connectivity index (χ2n) is 3.30. The van der Waals surface area contributed by atoms with Gasteiger partial charge in [0.05, 0.1) is 5.52 Å². The first-order valence-electron chi connectivity index (χ1n) is 4.31. The van der Waals surface area contributed by atoms with Crippen LogP contribution in [0.1, 0.15) is 5.82 Å². The molecule has 0 bridgehead atoms. The van der Waals surface area contributed by atoms with E-state index in [2.05, 4.69) is 4.98 Å². The Labute approximate surface area is 96.7 Å². The molecular formula is C8H3F5N2O2S. The number of aromatic amines is 1. The van der Waals surface area contributed by atoms with Crippen molar-refractivity contribution in [3.63, 3.8) is 0 Å². The topological polar surface area (TPSA) is 62.8 Å². The molecular weight excluding hydrogens is 283 g/mol. The fourth-order valence-electron chi connectivity index (χ4n) is 1.27. The van der Waals surface area contributed by atoms with Gasteiger partial charge in [-0.25, -0.2) is 13.8 Å². The van der Waals surface area contributed by atoms with Gasteiger partial charge in [-0.05, 0) is 12.1 Å². The standard InChI is InChI=1S/C8H3F5N2O2S/c9-3-1-2-4-6(5(3)10)15-7(14-4)8(11,12)18(13,16)17/h1-2H,(H,14,15). The van der Waals surface area contributed by atoms with Crippen molar-refractivity contribution in [3.8, 4) is 0 Å². The minimum absolute atomic E-state index is 0.382. The van der Waals surface area contributed by atoms with Gasteiger partial charge in [0.15, 0.2) is 17.5 Å². The molecule has 0 aliphatic rings. The van der Waals surface area contributed by atoms with Crippen LogP contribution in [-0.4, -0.2) is 18.4 Å². The molecule has 4 nitrogen and oxygen atoms in total. The van der Waals surface area contributed by atoms with Crippen LogP contribution in [0.15, 0.2) is 12.1 Å². The highest BCUT2D eigenvalue weighted by Gasteiger charge is 2.50. The first-order chi connectivity index (χ1) is 8.14. The molecule has 0 fully saturated rings. The fraction of sp³-hybridized carbons (Fsp3) is 0.125. The van der Waals surface area contributed by atoms with Crippen LogP contribution >= 0.6 is 0 Å². The largest absolute Gasteiger partial charge is 0.430 e. The van der Waals surface area contributed by atoms with Crippen LogP contribution in [0.4, 0.5) is 21.4 Å². The normalized spacial score (nSPS) is 13.2. The summed E-state index contributed by atoms with van der Waals surface area (Å²) in [4.78, 5) is 4.60. The van der Waals surface area contributed by atoms with Gasteiger partial charge in [0, 0.05) is 0 Å². The Morgan fingerprint density at radius 1 is 1.22 bits per heavy atom. The predicted molar refractivity (Wildman–Crippen MR) is 49.9 cm³/mol. The summed E-state index contributed by atoms with van der Waals surface area (Å²) in [6.07, 6.45) is 0. The Morgan fingerprint density at radius 2 is 1.83 bits per heavy atom. The lowest BCUT2D eigenvalue weighted by molar-refractivity contribution is 0.0755. The number of halogens is 5. The summed E-state index contributed by atoms with van der Waals surface area (Å²) in [6, 6.07) is 1.49. The van der Waals surface area contributed by atoms with Gasteiger partial charge in [-0.1, -0.05) is 3.89 Å². The summed E-state index contributed by atoms with van der Waals surface area (Å²) in [5.74, 6) is -4.52. The molecule has 0 aliphatic heterocycles. The molecule has 2 aromatic rings. The van der Waals surface area contributed by atoms with E-state index in [1.54, 1.807) is 4.98 Å². The molecule has 98 valence electrons. The predicted octanol–water partition coefficient (Wildman–Crippen LogP) is 2.19. The zero-order chi connectivity index (χ0) is 13.7. The van der Waals surface area contributed by atoms with Gasteiger partial charge in [0.2, 0.25) is 0 Å². The van der Waals surface area contributed by atoms with Gasteiger partial charge in [-0.15, -0.1) is 0 Å². The first kappa shape index (κ1) is 12.7. The average molecular weight is 286 g/mol. The van der Waals surface area contributed by atoms with Crippen LogP contribution in [-0.2, 0) is 15.5 Å². The molecule has 2 rings (SSSR count). The van der Waals surface area contributed by atoms with Crippen LogP contribution in [0.3, 0.4) is 0 Å². The van der Waals surface area contributed by atoms with Crippen molar-refractivity contribution in [2.75, 3.05) is 0 Å². The van der Waals surface area contributed by atoms with E-state index in [0.29, 0.717) is 6.07 Å². The number of hydrogen-bond donors (Lipinski definition) is 1. The van der Waals surface area contributed by atoms with Crippen LogP contribution in [0.2, 0.25) is 0 Å². The van der Waals surface area contributed by atoms with E-state index in [4.69, 9.17) is 0 Å². The van der Waals surface area contributed by atoms with E-state index in [1.807, 2.05) is 0 Å². The Hall–Kier alpha value is -1.71. The Morgan fingerprint density at radius 3 is 2.39 bits per heavy atom. The molecule has 10 heteroatoms. The summed E-state index contributed by atoms with van der Waals surface area (Å²) in [5, 5.41) is -4.96. The average Bonchev–Trinajstić information content (AvgIpc) is 2.67. The fourth-order valence-corrected chi connectivity index (χ4v) is 1.60. The first-order valence-corrected chi connectivity index (χ1v) is 5.69. The molecule has 0 saturated heterocycles. The molecule has 0 atom stereocenters. The highest BCUT2D eigenvalue weighted by atomic mass is 32.3. The molecule has 0 aliphatic carbocycles. The number of rotatable bonds is 2. The molecule has 1 aromatic heterocycles. The lowest BCUT2D eigenvalue weighted by Gasteiger charge is -2.06. The summed E-state index contributed by atoms with van der Waals surface area (Å²) < 4.78 is 84.9. The van der Waals surface area contributed by atoms with Crippen molar-refractivity contribution >= 4 is 21.3 Å². The number of benzene rings is 1. The number of nitrogens with one attached hydrogen (secondary N) is 1. The van der Waals surface area contributed by atoms with Crippen LogP contribution < -0.4 is 0 Å². The lowest BCUT2D eigenvalue weighted by atomic mass is 10.3. The van der Waals surface area contributed by atoms with Gasteiger partial charge in [-0.2, -0.15) is 17.2 Å². The summed E-state index contributed by atoms with van der Waals surface area (Å²) in [6.45, 7) is 0. The quantitative estimate of drug-likeness (QED) is 0.680. The number of alkyl halides is 2. The SMILES string of the molecule is O=S(=O)(F)C(F)(F)c1nc2c(F)c(F)ccc2[nH]1. The monoisotopic (exact) mass is 286 g/mol. The van der Waals surface area contributed by atoms with Gasteiger partial charge in [0.1, 0.15) is 5.52 Å². The van der Waals surface area contributed by atoms with E-state index < -0.39 is 38.5 Å². The van der Waals surface area contributed by atoms with E-state index in [1.165, 1.54) is 0 Å². The smallest absolute Gasteiger partial charge is 0.336 e. The number of nitrogens with zero attached hydrogens (tertiary/aromatic N) is 1. The molecule has 1 N–H and O–H groups in total. The second kappa shape index (κ2) is 3.64. The van der Waals surface area contributed by atoms with Crippen molar-refractivity contribution in [2.24, 2.45) is 0 Å². The highest BCUT2D eigenvalue weighted by Crippen LogP contribution is 2.34. The molecule has 0 spiro atoms. The maximum Gasteiger partial charge on any atom is 0.430 e. The van der Waals surface area contributed by atoms with E-state index in [-0.39, 0.29) is 5.52 Å². The van der Waals surface area contributed by atoms with Crippen LogP contribution in [0.25, 0.3) is 11.0 Å². The zero-order valence-electron chi connectivity index (χ0n) is 8.22. The van der Waals surface area contributed by atoms with Crippen molar-refractivity contribution < 1.29 is 29.9 Å².